The Morgan fingerprint density at radius 2 is 1.61 bits per heavy atom. The molecule has 0 spiro atoms. The van der Waals surface area contributed by atoms with Crippen molar-refractivity contribution in [1.82, 2.24) is 0 Å². The van der Waals surface area contributed by atoms with Crippen molar-refractivity contribution in [2.75, 3.05) is 5.32 Å². The second-order valence-electron chi connectivity index (χ2n) is 9.03. The van der Waals surface area contributed by atoms with Crippen LogP contribution in [0.25, 0.3) is 5.57 Å². The molecule has 2 aliphatic carbocycles. The van der Waals surface area contributed by atoms with Gasteiger partial charge >= 0.3 is 0 Å². The van der Waals surface area contributed by atoms with E-state index in [1.165, 1.54) is 27.8 Å². The van der Waals surface area contributed by atoms with E-state index in [1.54, 1.807) is 0 Å². The zero-order valence-electron chi connectivity index (χ0n) is 18.1. The molecule has 2 heteroatoms. The van der Waals surface area contributed by atoms with Gasteiger partial charge in [-0.15, -0.1) is 0 Å². The largest absolute Gasteiger partial charge is 0.322 e. The number of rotatable bonds is 3. The molecule has 0 aromatic heterocycles. The predicted octanol–water partition coefficient (Wildman–Crippen LogP) is 7.00. The van der Waals surface area contributed by atoms with E-state index in [-0.39, 0.29) is 11.3 Å². The highest BCUT2D eigenvalue weighted by molar-refractivity contribution is 6.05. The summed E-state index contributed by atoms with van der Waals surface area (Å²) in [4.78, 5) is 13.0. The minimum Gasteiger partial charge on any atom is -0.322 e. The molecule has 0 saturated carbocycles. The molecular formula is C29H27NO. The SMILES string of the molecule is CC1(C)c2ccc(C(=O)Nc3ccccc3)cc2C(c2ccccc2)=C2CC=CCC21. The highest BCUT2D eigenvalue weighted by Gasteiger charge is 2.41. The normalized spacial score (nSPS) is 18.8. The molecule has 3 aromatic rings. The second kappa shape index (κ2) is 7.70. The monoisotopic (exact) mass is 405 g/mol. The van der Waals surface area contributed by atoms with Gasteiger partial charge in [0.1, 0.15) is 0 Å². The first-order chi connectivity index (χ1) is 15.1. The van der Waals surface area contributed by atoms with Crippen LogP contribution in [0, 0.1) is 5.92 Å². The standard InChI is InChI=1S/C29H27NO/c1-29(2)25-16-10-9-15-23(25)27(20-11-5-3-6-12-20)24-19-21(17-18-26(24)29)28(31)30-22-13-7-4-8-14-22/h3-14,17-19,25H,15-16H2,1-2H3,(H,30,31). The van der Waals surface area contributed by atoms with E-state index in [2.05, 4.69) is 73.8 Å². The summed E-state index contributed by atoms with van der Waals surface area (Å²) in [7, 11) is 0. The lowest BCUT2D eigenvalue weighted by atomic mass is 9.59. The van der Waals surface area contributed by atoms with Crippen molar-refractivity contribution in [1.29, 1.82) is 0 Å². The molecule has 5 rings (SSSR count). The van der Waals surface area contributed by atoms with Gasteiger partial charge in [0.05, 0.1) is 0 Å². The maximum Gasteiger partial charge on any atom is 0.255 e. The third kappa shape index (κ3) is 3.42. The van der Waals surface area contributed by atoms with Crippen LogP contribution >= 0.6 is 0 Å². The number of hydrogen-bond acceptors (Lipinski definition) is 1. The molecule has 1 amide bonds. The van der Waals surface area contributed by atoms with Gasteiger partial charge in [-0.3, -0.25) is 4.79 Å². The average Bonchev–Trinajstić information content (AvgIpc) is 2.80. The van der Waals surface area contributed by atoms with Gasteiger partial charge in [-0.05, 0) is 70.7 Å². The molecule has 1 atom stereocenters. The van der Waals surface area contributed by atoms with Crippen LogP contribution in [0.3, 0.4) is 0 Å². The van der Waals surface area contributed by atoms with Gasteiger partial charge in [0.2, 0.25) is 0 Å². The minimum atomic E-state index is -0.0742. The van der Waals surface area contributed by atoms with Crippen LogP contribution in [-0.4, -0.2) is 5.91 Å². The van der Waals surface area contributed by atoms with Crippen molar-refractivity contribution in [3.63, 3.8) is 0 Å². The van der Waals surface area contributed by atoms with E-state index in [4.69, 9.17) is 0 Å². The fraction of sp³-hybridized carbons (Fsp3) is 0.207. The summed E-state index contributed by atoms with van der Waals surface area (Å²) in [5, 5.41) is 3.03. The van der Waals surface area contributed by atoms with Crippen molar-refractivity contribution >= 4 is 17.2 Å². The first kappa shape index (κ1) is 19.6. The molecule has 2 nitrogen and oxygen atoms in total. The van der Waals surface area contributed by atoms with Crippen LogP contribution in [0.5, 0.6) is 0 Å². The number of amides is 1. The first-order valence-electron chi connectivity index (χ1n) is 11.0. The van der Waals surface area contributed by atoms with Crippen LogP contribution in [0.15, 0.2) is 96.6 Å². The number of benzene rings is 3. The summed E-state index contributed by atoms with van der Waals surface area (Å²) < 4.78 is 0. The number of allylic oxidation sites excluding steroid dienone is 3. The van der Waals surface area contributed by atoms with E-state index in [0.717, 1.165) is 18.5 Å². The van der Waals surface area contributed by atoms with Crippen LogP contribution in [0.1, 0.15) is 53.7 Å². The summed E-state index contributed by atoms with van der Waals surface area (Å²) in [5.74, 6) is 0.402. The molecule has 0 aliphatic heterocycles. The zero-order chi connectivity index (χ0) is 21.4. The molecule has 2 aliphatic rings. The van der Waals surface area contributed by atoms with Crippen molar-refractivity contribution < 1.29 is 4.79 Å². The van der Waals surface area contributed by atoms with Crippen molar-refractivity contribution in [2.45, 2.75) is 32.1 Å². The Bertz CT molecular complexity index is 1190. The van der Waals surface area contributed by atoms with Gasteiger partial charge in [-0.1, -0.05) is 86.2 Å². The van der Waals surface area contributed by atoms with Crippen LogP contribution in [0.4, 0.5) is 5.69 Å². The third-order valence-corrected chi connectivity index (χ3v) is 6.83. The van der Waals surface area contributed by atoms with E-state index >= 15 is 0 Å². The Labute approximate surface area is 184 Å². The minimum absolute atomic E-state index is 0.0160. The Balaban J connectivity index is 1.65. The van der Waals surface area contributed by atoms with Gasteiger partial charge in [-0.2, -0.15) is 0 Å². The van der Waals surface area contributed by atoms with Gasteiger partial charge in [0, 0.05) is 11.3 Å². The molecule has 0 fully saturated rings. The van der Waals surface area contributed by atoms with Crippen LogP contribution in [0.2, 0.25) is 0 Å². The molecule has 0 radical (unpaired) electrons. The number of hydrogen-bond donors (Lipinski definition) is 1. The lowest BCUT2D eigenvalue weighted by molar-refractivity contribution is 0.102. The molecule has 0 saturated heterocycles. The zero-order valence-corrected chi connectivity index (χ0v) is 18.1. The Morgan fingerprint density at radius 1 is 0.903 bits per heavy atom. The van der Waals surface area contributed by atoms with Gasteiger partial charge < -0.3 is 5.32 Å². The predicted molar refractivity (Wildman–Crippen MR) is 128 cm³/mol. The molecular weight excluding hydrogens is 378 g/mol. The number of fused-ring (bicyclic) bond motifs is 2. The summed E-state index contributed by atoms with van der Waals surface area (Å²) in [6, 6.07) is 26.5. The van der Waals surface area contributed by atoms with Crippen LogP contribution < -0.4 is 5.32 Å². The summed E-state index contributed by atoms with van der Waals surface area (Å²) >= 11 is 0. The Morgan fingerprint density at radius 3 is 2.35 bits per heavy atom. The fourth-order valence-electron chi connectivity index (χ4n) is 5.22. The summed E-state index contributed by atoms with van der Waals surface area (Å²) in [6.07, 6.45) is 6.65. The van der Waals surface area contributed by atoms with E-state index in [0.29, 0.717) is 11.5 Å². The van der Waals surface area contributed by atoms with E-state index in [1.807, 2.05) is 36.4 Å². The number of nitrogens with one attached hydrogen (secondary N) is 1. The lowest BCUT2D eigenvalue weighted by Crippen LogP contribution is -2.36. The maximum atomic E-state index is 13.0. The summed E-state index contributed by atoms with van der Waals surface area (Å²) in [5.41, 5.74) is 8.06. The molecule has 3 aromatic carbocycles. The average molecular weight is 406 g/mol. The number of para-hydroxylation sites is 1. The molecule has 0 heterocycles. The van der Waals surface area contributed by atoms with Crippen molar-refractivity contribution in [3.05, 3.63) is 119 Å². The first-order valence-corrected chi connectivity index (χ1v) is 11.0. The molecule has 1 N–H and O–H groups in total. The van der Waals surface area contributed by atoms with E-state index < -0.39 is 0 Å². The third-order valence-electron chi connectivity index (χ3n) is 6.83. The number of anilines is 1. The van der Waals surface area contributed by atoms with E-state index in [9.17, 15) is 4.79 Å². The number of carbonyl (C=O) groups excluding carboxylic acids is 1. The molecule has 0 bridgehead atoms. The molecule has 1 unspecified atom stereocenters. The Hall–Kier alpha value is -3.39. The highest BCUT2D eigenvalue weighted by Crippen LogP contribution is 2.52. The highest BCUT2D eigenvalue weighted by atomic mass is 16.1. The van der Waals surface area contributed by atoms with Gasteiger partial charge in [0.15, 0.2) is 0 Å². The smallest absolute Gasteiger partial charge is 0.255 e. The van der Waals surface area contributed by atoms with Gasteiger partial charge in [0.25, 0.3) is 5.91 Å². The lowest BCUT2D eigenvalue weighted by Gasteiger charge is -2.44. The fourth-order valence-corrected chi connectivity index (χ4v) is 5.22. The van der Waals surface area contributed by atoms with Gasteiger partial charge in [-0.25, -0.2) is 0 Å². The molecule has 31 heavy (non-hydrogen) atoms. The number of carbonyl (C=O) groups is 1. The molecule has 154 valence electrons. The Kier molecular flexibility index (Phi) is 4.86. The second-order valence-corrected chi connectivity index (χ2v) is 9.03. The van der Waals surface area contributed by atoms with Crippen LogP contribution in [-0.2, 0) is 5.41 Å². The topological polar surface area (TPSA) is 29.1 Å². The van der Waals surface area contributed by atoms with Crippen molar-refractivity contribution in [2.24, 2.45) is 5.92 Å². The quantitative estimate of drug-likeness (QED) is 0.467. The van der Waals surface area contributed by atoms with Crippen molar-refractivity contribution in [3.8, 4) is 0 Å². The summed E-state index contributed by atoms with van der Waals surface area (Å²) in [6.45, 7) is 4.70. The maximum absolute atomic E-state index is 13.0.